The average Bonchev–Trinajstić information content (AvgIpc) is 2.61. The van der Waals surface area contributed by atoms with Crippen LogP contribution in [0.2, 0.25) is 0 Å². The number of nitro benzene ring substituents is 1. The number of aliphatic hydroxyl groups excluding tert-OH is 1. The number of hydrogen-bond donors (Lipinski definition) is 2. The number of nitro groups is 1. The number of ether oxygens (including phenoxy) is 2. The van der Waals surface area contributed by atoms with Crippen molar-refractivity contribution in [1.29, 1.82) is 0 Å². The number of rotatable bonds is 7. The van der Waals surface area contributed by atoms with Crippen LogP contribution >= 0.6 is 12.4 Å². The average molecular weight is 390 g/mol. The number of halogens is 1. The van der Waals surface area contributed by atoms with Crippen molar-refractivity contribution in [3.63, 3.8) is 0 Å². The van der Waals surface area contributed by atoms with Crippen molar-refractivity contribution >= 4 is 18.1 Å². The van der Waals surface area contributed by atoms with Crippen molar-refractivity contribution < 1.29 is 19.5 Å². The molecule has 1 aromatic rings. The molecule has 2 rings (SSSR count). The minimum atomic E-state index is -0.568. The highest BCUT2D eigenvalue weighted by Gasteiger charge is 2.40. The number of piperazine rings is 1. The summed E-state index contributed by atoms with van der Waals surface area (Å²) in [4.78, 5) is 13.5. The molecule has 26 heavy (non-hydrogen) atoms. The van der Waals surface area contributed by atoms with Gasteiger partial charge in [-0.15, -0.1) is 12.4 Å². The molecule has 0 saturated carbocycles. The number of methoxy groups -OCH3 is 2. The normalized spacial score (nSPS) is 16.5. The van der Waals surface area contributed by atoms with E-state index in [9.17, 15) is 15.2 Å². The molecule has 1 atom stereocenters. The van der Waals surface area contributed by atoms with Gasteiger partial charge in [0.25, 0.3) is 5.69 Å². The minimum Gasteiger partial charge on any atom is -0.493 e. The summed E-state index contributed by atoms with van der Waals surface area (Å²) in [7, 11) is 2.96. The van der Waals surface area contributed by atoms with Crippen LogP contribution in [0.1, 0.15) is 25.5 Å². The van der Waals surface area contributed by atoms with Crippen molar-refractivity contribution in [3.8, 4) is 11.5 Å². The summed E-state index contributed by atoms with van der Waals surface area (Å²) in [6.45, 7) is 6.85. The van der Waals surface area contributed by atoms with Gasteiger partial charge in [-0.2, -0.15) is 0 Å². The highest BCUT2D eigenvalue weighted by atomic mass is 35.5. The molecule has 1 heterocycles. The maximum Gasteiger partial charge on any atom is 0.278 e. The van der Waals surface area contributed by atoms with E-state index < -0.39 is 10.3 Å². The topological polar surface area (TPSA) is 97.1 Å². The standard InChI is InChI=1S/C17H27N3O5.ClH/c1-17(2,11-21)16(19-7-5-18-6-8-19)12-9-14(24-3)15(25-4)10-13(12)20(22)23;/h9-10,16,18,21H,5-8,11H2,1-4H3;1H/t16-;/m1./s1. The maximum atomic E-state index is 11.7. The van der Waals surface area contributed by atoms with E-state index in [2.05, 4.69) is 10.2 Å². The molecule has 0 amide bonds. The molecule has 0 aliphatic carbocycles. The zero-order valence-electron chi connectivity index (χ0n) is 15.7. The lowest BCUT2D eigenvalue weighted by Crippen LogP contribution is -2.49. The van der Waals surface area contributed by atoms with E-state index >= 15 is 0 Å². The van der Waals surface area contributed by atoms with E-state index in [0.717, 1.165) is 26.2 Å². The van der Waals surface area contributed by atoms with Crippen LogP contribution in [0.15, 0.2) is 12.1 Å². The van der Waals surface area contributed by atoms with Crippen LogP contribution in [0, 0.1) is 15.5 Å². The Morgan fingerprint density at radius 2 is 1.81 bits per heavy atom. The van der Waals surface area contributed by atoms with Crippen LogP contribution in [-0.2, 0) is 0 Å². The van der Waals surface area contributed by atoms with Crippen LogP contribution in [-0.4, -0.2) is 61.9 Å². The van der Waals surface area contributed by atoms with Crippen LogP contribution < -0.4 is 14.8 Å². The molecule has 1 aliphatic rings. The van der Waals surface area contributed by atoms with Gasteiger partial charge in [0, 0.05) is 44.2 Å². The summed E-state index contributed by atoms with van der Waals surface area (Å²) in [5, 5.41) is 24.9. The fourth-order valence-corrected chi connectivity index (χ4v) is 3.40. The molecule has 1 aromatic carbocycles. The zero-order valence-corrected chi connectivity index (χ0v) is 16.5. The quantitative estimate of drug-likeness (QED) is 0.543. The molecule has 148 valence electrons. The van der Waals surface area contributed by atoms with Crippen molar-refractivity contribution in [3.05, 3.63) is 27.8 Å². The SMILES string of the molecule is COc1cc([C@@H](N2CCNCC2)C(C)(C)CO)c([N+](=O)[O-])cc1OC.Cl. The fourth-order valence-electron chi connectivity index (χ4n) is 3.40. The number of nitrogens with zero attached hydrogens (tertiary/aromatic N) is 2. The van der Waals surface area contributed by atoms with E-state index in [4.69, 9.17) is 9.47 Å². The highest BCUT2D eigenvalue weighted by molar-refractivity contribution is 5.85. The van der Waals surface area contributed by atoms with Gasteiger partial charge in [-0.05, 0) is 6.07 Å². The number of hydrogen-bond acceptors (Lipinski definition) is 7. The van der Waals surface area contributed by atoms with Crippen LogP contribution in [0.5, 0.6) is 11.5 Å². The first-order chi connectivity index (χ1) is 11.9. The van der Waals surface area contributed by atoms with E-state index in [1.54, 1.807) is 6.07 Å². The molecule has 2 N–H and O–H groups in total. The van der Waals surface area contributed by atoms with Gasteiger partial charge >= 0.3 is 0 Å². The van der Waals surface area contributed by atoms with Gasteiger partial charge in [-0.3, -0.25) is 15.0 Å². The molecule has 1 fully saturated rings. The molecule has 8 nitrogen and oxygen atoms in total. The number of benzene rings is 1. The van der Waals surface area contributed by atoms with Gasteiger partial charge in [0.15, 0.2) is 11.5 Å². The summed E-state index contributed by atoms with van der Waals surface area (Å²) in [5.74, 6) is 0.760. The van der Waals surface area contributed by atoms with Gasteiger partial charge < -0.3 is 19.9 Å². The van der Waals surface area contributed by atoms with E-state index in [0.29, 0.717) is 17.1 Å². The molecular formula is C17H28ClN3O5. The molecule has 9 heteroatoms. The smallest absolute Gasteiger partial charge is 0.278 e. The zero-order chi connectivity index (χ0) is 18.6. The van der Waals surface area contributed by atoms with Gasteiger partial charge in [0.1, 0.15) is 0 Å². The third-order valence-electron chi connectivity index (χ3n) is 4.69. The van der Waals surface area contributed by atoms with Crippen molar-refractivity contribution in [2.24, 2.45) is 5.41 Å². The molecule has 0 aromatic heterocycles. The summed E-state index contributed by atoms with van der Waals surface area (Å²) in [5.41, 5.74) is -0.0619. The van der Waals surface area contributed by atoms with Gasteiger partial charge in [0.2, 0.25) is 0 Å². The Kier molecular flexibility index (Phi) is 8.08. The van der Waals surface area contributed by atoms with Gasteiger partial charge in [0.05, 0.1) is 30.8 Å². The molecule has 0 bridgehead atoms. The predicted octanol–water partition coefficient (Wildman–Crippen LogP) is 2.00. The first-order valence-corrected chi connectivity index (χ1v) is 8.31. The Labute approximate surface area is 160 Å². The van der Waals surface area contributed by atoms with Gasteiger partial charge in [-0.25, -0.2) is 0 Å². The largest absolute Gasteiger partial charge is 0.493 e. The summed E-state index contributed by atoms with van der Waals surface area (Å²) >= 11 is 0. The van der Waals surface area contributed by atoms with Crippen molar-refractivity contribution in [2.45, 2.75) is 19.9 Å². The Bertz CT molecular complexity index is 621. The first kappa shape index (κ1) is 22.4. The highest BCUT2D eigenvalue weighted by Crippen LogP contribution is 2.45. The Hall–Kier alpha value is -1.61. The minimum absolute atomic E-state index is 0. The third kappa shape index (κ3) is 4.56. The predicted molar refractivity (Wildman–Crippen MR) is 101 cm³/mol. The fraction of sp³-hybridized carbons (Fsp3) is 0.647. The second kappa shape index (κ2) is 9.36. The van der Waals surface area contributed by atoms with Crippen LogP contribution in [0.3, 0.4) is 0 Å². The first-order valence-electron chi connectivity index (χ1n) is 8.31. The molecule has 0 radical (unpaired) electrons. The maximum absolute atomic E-state index is 11.7. The van der Waals surface area contributed by atoms with E-state index in [1.807, 2.05) is 13.8 Å². The molecule has 0 unspecified atom stereocenters. The number of nitrogens with one attached hydrogen (secondary N) is 1. The second-order valence-corrected chi connectivity index (χ2v) is 6.86. The molecular weight excluding hydrogens is 362 g/mol. The monoisotopic (exact) mass is 389 g/mol. The lowest BCUT2D eigenvalue weighted by atomic mass is 9.79. The lowest BCUT2D eigenvalue weighted by molar-refractivity contribution is -0.386. The van der Waals surface area contributed by atoms with Crippen molar-refractivity contribution in [2.75, 3.05) is 47.0 Å². The summed E-state index contributed by atoms with van der Waals surface area (Å²) in [6.07, 6.45) is 0. The van der Waals surface area contributed by atoms with Crippen molar-refractivity contribution in [1.82, 2.24) is 10.2 Å². The Morgan fingerprint density at radius 3 is 2.27 bits per heavy atom. The lowest BCUT2D eigenvalue weighted by Gasteiger charge is -2.43. The summed E-state index contributed by atoms with van der Waals surface area (Å²) < 4.78 is 10.6. The Morgan fingerprint density at radius 1 is 1.27 bits per heavy atom. The van der Waals surface area contributed by atoms with E-state index in [-0.39, 0.29) is 30.7 Å². The molecule has 0 spiro atoms. The second-order valence-electron chi connectivity index (χ2n) is 6.86. The van der Waals surface area contributed by atoms with Crippen LogP contribution in [0.25, 0.3) is 0 Å². The van der Waals surface area contributed by atoms with Crippen LogP contribution in [0.4, 0.5) is 5.69 Å². The Balaban J connectivity index is 0.00000338. The van der Waals surface area contributed by atoms with Gasteiger partial charge in [-0.1, -0.05) is 13.8 Å². The molecule has 1 aliphatic heterocycles. The third-order valence-corrected chi connectivity index (χ3v) is 4.69. The summed E-state index contributed by atoms with van der Waals surface area (Å²) in [6, 6.07) is 2.75. The van der Waals surface area contributed by atoms with E-state index in [1.165, 1.54) is 20.3 Å². The molecule has 1 saturated heterocycles. The number of aliphatic hydroxyl groups is 1.